The van der Waals surface area contributed by atoms with Crippen molar-refractivity contribution in [2.75, 3.05) is 10.6 Å². The van der Waals surface area contributed by atoms with E-state index in [0.29, 0.717) is 39.0 Å². The summed E-state index contributed by atoms with van der Waals surface area (Å²) in [6.45, 7) is 0. The van der Waals surface area contributed by atoms with Gasteiger partial charge in [-0.15, -0.1) is 10.2 Å². The zero-order valence-electron chi connectivity index (χ0n) is 17.0. The van der Waals surface area contributed by atoms with E-state index < -0.39 is 0 Å². The summed E-state index contributed by atoms with van der Waals surface area (Å²) >= 11 is 6.11. The minimum Gasteiger partial charge on any atom is -0.349 e. The summed E-state index contributed by atoms with van der Waals surface area (Å²) in [5, 5.41) is 21.1. The molecule has 0 unspecified atom stereocenters. The van der Waals surface area contributed by atoms with E-state index in [1.54, 1.807) is 24.3 Å². The molecule has 5 rings (SSSR count). The number of benzene rings is 2. The predicted molar refractivity (Wildman–Crippen MR) is 121 cm³/mol. The van der Waals surface area contributed by atoms with Gasteiger partial charge in [0.25, 0.3) is 5.91 Å². The number of nitrogens with one attached hydrogen (secondary N) is 4. The minimum atomic E-state index is -0.346. The maximum absolute atomic E-state index is 13.0. The van der Waals surface area contributed by atoms with Crippen LogP contribution >= 0.6 is 11.6 Å². The Hall–Kier alpha value is -3.72. The molecule has 0 bridgehead atoms. The molecule has 4 N–H and O–H groups in total. The molecule has 2 aromatic carbocycles. The molecule has 10 heteroatoms. The van der Waals surface area contributed by atoms with E-state index in [1.165, 1.54) is 0 Å². The molecule has 1 aliphatic rings. The Bertz CT molecular complexity index is 1290. The molecule has 0 atom stereocenters. The van der Waals surface area contributed by atoms with Crippen LogP contribution in [0.1, 0.15) is 36.2 Å². The lowest BCUT2D eigenvalue weighted by Gasteiger charge is -2.11. The van der Waals surface area contributed by atoms with E-state index >= 15 is 0 Å². The van der Waals surface area contributed by atoms with Gasteiger partial charge in [-0.2, -0.15) is 5.21 Å². The Balaban J connectivity index is 1.41. The SMILES string of the molecule is O=C(Nc1ccc(Cl)cc1-c1nn[nH]n1)c1cc2cccc(NC(=O)C3CCCC3)c2[nH]1. The first kappa shape index (κ1) is 20.2. The highest BCUT2D eigenvalue weighted by atomic mass is 35.5. The number of halogens is 1. The van der Waals surface area contributed by atoms with Crippen LogP contribution in [-0.2, 0) is 4.79 Å². The molecular formula is C22H20ClN7O2. The lowest BCUT2D eigenvalue weighted by Crippen LogP contribution is -2.20. The molecule has 0 saturated heterocycles. The van der Waals surface area contributed by atoms with Crippen LogP contribution in [0.3, 0.4) is 0 Å². The number of aromatic amines is 2. The Morgan fingerprint density at radius 1 is 1.03 bits per heavy atom. The standard InChI is InChI=1S/C22H20ClN7O2/c23-14-8-9-16(15(11-14)20-27-29-30-28-20)25-22(32)18-10-13-6-3-7-17(19(13)24-18)26-21(31)12-4-1-2-5-12/h3,6-12,24H,1-2,4-5H2,(H,25,32)(H,26,31)(H,27,28,29,30). The van der Waals surface area contributed by atoms with Crippen molar-refractivity contribution in [1.82, 2.24) is 25.6 Å². The number of carbonyl (C=O) groups is 2. The quantitative estimate of drug-likeness (QED) is 0.359. The van der Waals surface area contributed by atoms with Gasteiger partial charge < -0.3 is 15.6 Å². The van der Waals surface area contributed by atoms with E-state index in [-0.39, 0.29) is 17.7 Å². The number of tetrazole rings is 1. The fourth-order valence-corrected chi connectivity index (χ4v) is 4.25. The number of fused-ring (bicyclic) bond motifs is 1. The van der Waals surface area contributed by atoms with Crippen LogP contribution < -0.4 is 10.6 Å². The van der Waals surface area contributed by atoms with Gasteiger partial charge in [0, 0.05) is 21.9 Å². The third kappa shape index (κ3) is 3.94. The lowest BCUT2D eigenvalue weighted by molar-refractivity contribution is -0.119. The zero-order valence-corrected chi connectivity index (χ0v) is 17.7. The van der Waals surface area contributed by atoms with Crippen LogP contribution in [0.2, 0.25) is 5.02 Å². The molecule has 1 aliphatic carbocycles. The maximum atomic E-state index is 13.0. The highest BCUT2D eigenvalue weighted by Crippen LogP contribution is 2.30. The summed E-state index contributed by atoms with van der Waals surface area (Å²) in [7, 11) is 0. The topological polar surface area (TPSA) is 128 Å². The van der Waals surface area contributed by atoms with Gasteiger partial charge in [0.15, 0.2) is 0 Å². The molecule has 0 radical (unpaired) electrons. The molecule has 0 spiro atoms. The molecule has 32 heavy (non-hydrogen) atoms. The Labute approximate surface area is 187 Å². The van der Waals surface area contributed by atoms with Gasteiger partial charge in [-0.05, 0) is 48.4 Å². The predicted octanol–water partition coefficient (Wildman–Crippen LogP) is 4.38. The fourth-order valence-electron chi connectivity index (χ4n) is 4.08. The van der Waals surface area contributed by atoms with E-state index in [9.17, 15) is 9.59 Å². The van der Waals surface area contributed by atoms with Gasteiger partial charge >= 0.3 is 0 Å². The Morgan fingerprint density at radius 2 is 1.88 bits per heavy atom. The Morgan fingerprint density at radius 3 is 2.66 bits per heavy atom. The van der Waals surface area contributed by atoms with Gasteiger partial charge in [0.1, 0.15) is 5.69 Å². The third-order valence-electron chi connectivity index (χ3n) is 5.70. The van der Waals surface area contributed by atoms with Crippen molar-refractivity contribution in [1.29, 1.82) is 0 Å². The van der Waals surface area contributed by atoms with Gasteiger partial charge in [-0.25, -0.2) is 0 Å². The van der Waals surface area contributed by atoms with Crippen LogP contribution in [0.4, 0.5) is 11.4 Å². The highest BCUT2D eigenvalue weighted by molar-refractivity contribution is 6.31. The number of rotatable bonds is 5. The molecule has 2 amide bonds. The van der Waals surface area contributed by atoms with Crippen molar-refractivity contribution in [2.45, 2.75) is 25.7 Å². The number of nitrogens with zero attached hydrogens (tertiary/aromatic N) is 3. The molecule has 2 aromatic heterocycles. The number of aromatic nitrogens is 5. The monoisotopic (exact) mass is 449 g/mol. The number of hydrogen-bond donors (Lipinski definition) is 4. The number of carbonyl (C=O) groups excluding carboxylic acids is 2. The van der Waals surface area contributed by atoms with Crippen LogP contribution in [0.15, 0.2) is 42.5 Å². The van der Waals surface area contributed by atoms with Crippen LogP contribution in [0.5, 0.6) is 0 Å². The van der Waals surface area contributed by atoms with E-state index in [2.05, 4.69) is 36.2 Å². The second kappa shape index (κ2) is 8.43. The molecule has 1 saturated carbocycles. The molecule has 2 heterocycles. The summed E-state index contributed by atoms with van der Waals surface area (Å²) < 4.78 is 0. The van der Waals surface area contributed by atoms with E-state index in [0.717, 1.165) is 31.1 Å². The van der Waals surface area contributed by atoms with Crippen LogP contribution in [0.25, 0.3) is 22.3 Å². The maximum Gasteiger partial charge on any atom is 0.272 e. The third-order valence-corrected chi connectivity index (χ3v) is 5.94. The normalized spacial score (nSPS) is 14.0. The van der Waals surface area contributed by atoms with Crippen molar-refractivity contribution in [2.24, 2.45) is 5.92 Å². The average Bonchev–Trinajstić information content (AvgIpc) is 3.56. The van der Waals surface area contributed by atoms with E-state index in [4.69, 9.17) is 11.6 Å². The summed E-state index contributed by atoms with van der Waals surface area (Å²) in [5.41, 5.74) is 2.77. The molecule has 4 aromatic rings. The smallest absolute Gasteiger partial charge is 0.272 e. The average molecular weight is 450 g/mol. The van der Waals surface area contributed by atoms with Crippen molar-refractivity contribution in [3.05, 3.63) is 53.2 Å². The van der Waals surface area contributed by atoms with Crippen molar-refractivity contribution in [3.8, 4) is 11.4 Å². The number of hydrogen-bond acceptors (Lipinski definition) is 5. The minimum absolute atomic E-state index is 0.0292. The number of amides is 2. The van der Waals surface area contributed by atoms with Gasteiger partial charge in [0.2, 0.25) is 11.7 Å². The summed E-state index contributed by atoms with van der Waals surface area (Å²) in [6.07, 6.45) is 4.02. The molecule has 0 aliphatic heterocycles. The number of H-pyrrole nitrogens is 2. The molecule has 162 valence electrons. The fraction of sp³-hybridized carbons (Fsp3) is 0.227. The van der Waals surface area contributed by atoms with Crippen LogP contribution in [0, 0.1) is 5.92 Å². The first-order chi connectivity index (χ1) is 15.6. The van der Waals surface area contributed by atoms with Gasteiger partial charge in [-0.3, -0.25) is 9.59 Å². The number of para-hydroxylation sites is 1. The van der Waals surface area contributed by atoms with Gasteiger partial charge in [-0.1, -0.05) is 36.6 Å². The number of anilines is 2. The van der Waals surface area contributed by atoms with Crippen molar-refractivity contribution in [3.63, 3.8) is 0 Å². The first-order valence-corrected chi connectivity index (χ1v) is 10.7. The van der Waals surface area contributed by atoms with Crippen molar-refractivity contribution < 1.29 is 9.59 Å². The van der Waals surface area contributed by atoms with E-state index in [1.807, 2.05) is 18.2 Å². The van der Waals surface area contributed by atoms with Crippen molar-refractivity contribution >= 4 is 45.7 Å². The van der Waals surface area contributed by atoms with Gasteiger partial charge in [0.05, 0.1) is 16.9 Å². The summed E-state index contributed by atoms with van der Waals surface area (Å²) in [6, 6.07) is 12.3. The largest absolute Gasteiger partial charge is 0.349 e. The summed E-state index contributed by atoms with van der Waals surface area (Å²) in [4.78, 5) is 28.7. The summed E-state index contributed by atoms with van der Waals surface area (Å²) in [5.74, 6) is 0.0515. The highest BCUT2D eigenvalue weighted by Gasteiger charge is 2.23. The lowest BCUT2D eigenvalue weighted by atomic mass is 10.1. The second-order valence-electron chi connectivity index (χ2n) is 7.80. The van der Waals surface area contributed by atoms with Crippen LogP contribution in [-0.4, -0.2) is 37.4 Å². The Kier molecular flexibility index (Phi) is 5.32. The second-order valence-corrected chi connectivity index (χ2v) is 8.24. The molecule has 9 nitrogen and oxygen atoms in total. The first-order valence-electron chi connectivity index (χ1n) is 10.4. The molecule has 1 fully saturated rings. The zero-order chi connectivity index (χ0) is 22.1. The molecular weight excluding hydrogens is 430 g/mol.